The van der Waals surface area contributed by atoms with E-state index in [0.29, 0.717) is 5.75 Å². The fourth-order valence-electron chi connectivity index (χ4n) is 1.50. The molecular formula is C15H12O3Zn. The second-order valence-corrected chi connectivity index (χ2v) is 3.63. The van der Waals surface area contributed by atoms with Gasteiger partial charge in [-0.25, -0.2) is 4.79 Å². The summed E-state index contributed by atoms with van der Waals surface area (Å²) >= 11 is 0. The third-order valence-electron chi connectivity index (χ3n) is 2.37. The second-order valence-electron chi connectivity index (χ2n) is 3.63. The zero-order valence-corrected chi connectivity index (χ0v) is 13.3. The molecular weight excluding hydrogens is 294 g/mol. The van der Waals surface area contributed by atoms with Crippen LogP contribution in [0.5, 0.6) is 5.75 Å². The minimum Gasteiger partial charge on any atom is -0.478 e. The van der Waals surface area contributed by atoms with Crippen molar-refractivity contribution in [2.45, 2.75) is 0 Å². The molecule has 0 aliphatic carbocycles. The van der Waals surface area contributed by atoms with Crippen molar-refractivity contribution in [3.63, 3.8) is 0 Å². The Balaban J connectivity index is 0.00000180. The number of aromatic carboxylic acids is 1. The zero-order valence-electron chi connectivity index (χ0n) is 10.3. The van der Waals surface area contributed by atoms with E-state index >= 15 is 0 Å². The van der Waals surface area contributed by atoms with Crippen molar-refractivity contribution in [1.29, 1.82) is 0 Å². The number of rotatable bonds is 4. The molecule has 0 aliphatic heterocycles. The third-order valence-corrected chi connectivity index (χ3v) is 2.37. The fraction of sp³-hybridized carbons (Fsp3) is 0. The average Bonchev–Trinajstić information content (AvgIpc) is 2.40. The molecule has 3 nitrogen and oxygen atoms in total. The van der Waals surface area contributed by atoms with Crippen LogP contribution in [0.15, 0.2) is 60.9 Å². The van der Waals surface area contributed by atoms with E-state index in [0.717, 1.165) is 5.56 Å². The largest absolute Gasteiger partial charge is 0.478 e. The van der Waals surface area contributed by atoms with Gasteiger partial charge in [0.15, 0.2) is 0 Å². The minimum absolute atomic E-state index is 0. The molecule has 0 fully saturated rings. The maximum absolute atomic E-state index is 11.0. The van der Waals surface area contributed by atoms with Crippen molar-refractivity contribution in [2.75, 3.05) is 0 Å². The molecule has 92 valence electrons. The topological polar surface area (TPSA) is 46.5 Å². The Morgan fingerprint density at radius 2 is 1.63 bits per heavy atom. The van der Waals surface area contributed by atoms with Crippen LogP contribution in [0.1, 0.15) is 15.9 Å². The van der Waals surface area contributed by atoms with Crippen LogP contribution >= 0.6 is 0 Å². The number of hydrogen-bond acceptors (Lipinski definition) is 2. The van der Waals surface area contributed by atoms with Gasteiger partial charge < -0.3 is 9.84 Å². The Labute approximate surface area is 124 Å². The van der Waals surface area contributed by atoms with Crippen LogP contribution in [0.2, 0.25) is 0 Å². The normalized spacial score (nSPS) is 9.89. The van der Waals surface area contributed by atoms with E-state index < -0.39 is 5.97 Å². The maximum atomic E-state index is 11.0. The van der Waals surface area contributed by atoms with Crippen molar-refractivity contribution in [1.82, 2.24) is 0 Å². The molecule has 0 saturated carbocycles. The van der Waals surface area contributed by atoms with Crippen molar-refractivity contribution >= 4 is 12.0 Å². The monoisotopic (exact) mass is 304 g/mol. The van der Waals surface area contributed by atoms with Gasteiger partial charge in [-0.05, 0) is 23.8 Å². The van der Waals surface area contributed by atoms with Crippen LogP contribution in [0, 0.1) is 0 Å². The van der Waals surface area contributed by atoms with Gasteiger partial charge in [0.2, 0.25) is 0 Å². The molecule has 19 heavy (non-hydrogen) atoms. The molecule has 0 heterocycles. The van der Waals surface area contributed by atoms with Crippen LogP contribution in [0.3, 0.4) is 0 Å². The van der Waals surface area contributed by atoms with E-state index in [1.807, 2.05) is 30.3 Å². The summed E-state index contributed by atoms with van der Waals surface area (Å²) in [5, 5.41) is 8.98. The van der Waals surface area contributed by atoms with E-state index in [2.05, 4.69) is 0 Å². The first-order chi connectivity index (χ1) is 8.77. The van der Waals surface area contributed by atoms with Crippen molar-refractivity contribution in [3.05, 3.63) is 72.0 Å². The number of ether oxygens (including phenoxy) is 1. The van der Waals surface area contributed by atoms with Crippen molar-refractivity contribution in [2.24, 2.45) is 0 Å². The predicted molar refractivity (Wildman–Crippen MR) is 69.5 cm³/mol. The summed E-state index contributed by atoms with van der Waals surface area (Å²) in [7, 11) is 0. The molecule has 2 rings (SSSR count). The Bertz CT molecular complexity index is 565. The SMILES string of the molecule is O=C(O)c1ccccc1OC=Cc1ccccc1.[Zn]. The molecule has 0 aromatic heterocycles. The Hall–Kier alpha value is -1.93. The summed E-state index contributed by atoms with van der Waals surface area (Å²) in [6.07, 6.45) is 3.26. The number of para-hydroxylation sites is 1. The quantitative estimate of drug-likeness (QED) is 0.695. The van der Waals surface area contributed by atoms with Crippen LogP contribution in [-0.4, -0.2) is 11.1 Å². The molecule has 0 radical (unpaired) electrons. The smallest absolute Gasteiger partial charge is 0.339 e. The maximum Gasteiger partial charge on any atom is 0.339 e. The molecule has 1 N–H and O–H groups in total. The fourth-order valence-corrected chi connectivity index (χ4v) is 1.50. The molecule has 0 spiro atoms. The van der Waals surface area contributed by atoms with Gasteiger partial charge in [0, 0.05) is 19.5 Å². The van der Waals surface area contributed by atoms with E-state index in [1.54, 1.807) is 24.3 Å². The van der Waals surface area contributed by atoms with E-state index in [-0.39, 0.29) is 25.0 Å². The van der Waals surface area contributed by atoms with Crippen LogP contribution < -0.4 is 4.74 Å². The standard InChI is InChI=1S/C15H12O3.Zn/c16-15(17)13-8-4-5-9-14(13)18-11-10-12-6-2-1-3-7-12;/h1-11H,(H,16,17);. The van der Waals surface area contributed by atoms with Gasteiger partial charge in [-0.3, -0.25) is 0 Å². The first-order valence-corrected chi connectivity index (χ1v) is 5.48. The Morgan fingerprint density at radius 3 is 2.32 bits per heavy atom. The van der Waals surface area contributed by atoms with Crippen molar-refractivity contribution < 1.29 is 34.1 Å². The number of benzene rings is 2. The molecule has 0 amide bonds. The van der Waals surface area contributed by atoms with Gasteiger partial charge in [-0.15, -0.1) is 0 Å². The third kappa shape index (κ3) is 4.34. The minimum atomic E-state index is -1.00. The summed E-state index contributed by atoms with van der Waals surface area (Å²) in [5.41, 5.74) is 1.14. The zero-order chi connectivity index (χ0) is 12.8. The molecule has 0 unspecified atom stereocenters. The van der Waals surface area contributed by atoms with Crippen molar-refractivity contribution in [3.8, 4) is 5.75 Å². The predicted octanol–water partition coefficient (Wildman–Crippen LogP) is 3.43. The number of hydrogen-bond donors (Lipinski definition) is 1. The Morgan fingerprint density at radius 1 is 1.00 bits per heavy atom. The summed E-state index contributed by atoms with van der Waals surface area (Å²) in [6.45, 7) is 0. The van der Waals surface area contributed by atoms with Gasteiger partial charge in [0.05, 0.1) is 6.26 Å². The molecule has 2 aromatic carbocycles. The van der Waals surface area contributed by atoms with Gasteiger partial charge >= 0.3 is 5.97 Å². The molecule has 0 saturated heterocycles. The van der Waals surface area contributed by atoms with E-state index in [4.69, 9.17) is 9.84 Å². The summed E-state index contributed by atoms with van der Waals surface area (Å²) < 4.78 is 5.34. The molecule has 0 aliphatic rings. The van der Waals surface area contributed by atoms with Gasteiger partial charge in [-0.1, -0.05) is 42.5 Å². The van der Waals surface area contributed by atoms with Crippen LogP contribution in [0.4, 0.5) is 0 Å². The number of carboxylic acid groups (broad SMARTS) is 1. The molecule has 0 atom stereocenters. The van der Waals surface area contributed by atoms with Crippen LogP contribution in [0.25, 0.3) is 6.08 Å². The summed E-state index contributed by atoms with van der Waals surface area (Å²) in [6, 6.07) is 16.2. The first-order valence-electron chi connectivity index (χ1n) is 5.48. The second kappa shape index (κ2) is 7.50. The first kappa shape index (κ1) is 15.1. The number of carboxylic acids is 1. The Kier molecular flexibility index (Phi) is 5.97. The molecule has 4 heteroatoms. The average molecular weight is 306 g/mol. The molecule has 2 aromatic rings. The van der Waals surface area contributed by atoms with Gasteiger partial charge in [0.1, 0.15) is 11.3 Å². The van der Waals surface area contributed by atoms with E-state index in [9.17, 15) is 4.79 Å². The summed E-state index contributed by atoms with van der Waals surface area (Å²) in [5.74, 6) is -0.670. The van der Waals surface area contributed by atoms with E-state index in [1.165, 1.54) is 12.3 Å². The summed E-state index contributed by atoms with van der Waals surface area (Å²) in [4.78, 5) is 11.0. The molecule has 0 bridgehead atoms. The van der Waals surface area contributed by atoms with Gasteiger partial charge in [-0.2, -0.15) is 0 Å². The number of carbonyl (C=O) groups is 1. The van der Waals surface area contributed by atoms with Gasteiger partial charge in [0.25, 0.3) is 0 Å². The van der Waals surface area contributed by atoms with Crippen LogP contribution in [-0.2, 0) is 19.5 Å².